The van der Waals surface area contributed by atoms with Crippen LogP contribution in [-0.2, 0) is 17.8 Å². The van der Waals surface area contributed by atoms with Crippen LogP contribution in [-0.4, -0.2) is 107 Å². The number of nitrogens with zero attached hydrogens (tertiary/aromatic N) is 7. The molecule has 6 rings (SSSR count). The summed E-state index contributed by atoms with van der Waals surface area (Å²) < 4.78 is 6.05. The molecule has 0 saturated carbocycles. The fourth-order valence-corrected chi connectivity index (χ4v) is 6.98. The van der Waals surface area contributed by atoms with E-state index in [1.165, 1.54) is 10.4 Å². The van der Waals surface area contributed by atoms with Crippen molar-refractivity contribution in [3.63, 3.8) is 0 Å². The van der Waals surface area contributed by atoms with Gasteiger partial charge in [0.15, 0.2) is 0 Å². The van der Waals surface area contributed by atoms with Gasteiger partial charge in [0, 0.05) is 74.7 Å². The second-order valence-electron chi connectivity index (χ2n) is 12.1. The third-order valence-corrected chi connectivity index (χ3v) is 9.58. The molecule has 3 aromatic heterocycles. The molecule has 236 valence electrons. The molecule has 5 heterocycles. The van der Waals surface area contributed by atoms with Crippen LogP contribution in [0.5, 0.6) is 11.5 Å². The number of piperazine rings is 1. The van der Waals surface area contributed by atoms with E-state index < -0.39 is 0 Å². The highest BCUT2D eigenvalue weighted by atomic mass is 32.1. The molecule has 0 radical (unpaired) electrons. The van der Waals surface area contributed by atoms with E-state index >= 15 is 0 Å². The fraction of sp³-hybridized carbons (Fsp3) is 0.412. The Kier molecular flexibility index (Phi) is 9.70. The monoisotopic (exact) mass is 626 g/mol. The van der Waals surface area contributed by atoms with Gasteiger partial charge in [-0.15, -0.1) is 11.3 Å². The zero-order chi connectivity index (χ0) is 31.3. The van der Waals surface area contributed by atoms with Crippen molar-refractivity contribution in [3.8, 4) is 11.5 Å². The summed E-state index contributed by atoms with van der Waals surface area (Å²) in [4.78, 5) is 37.9. The molecule has 0 unspecified atom stereocenters. The third-order valence-electron chi connectivity index (χ3n) is 8.45. The SMILES string of the molecule is Cc1ccc(Oc2ccc(Nc3ncnc4sc5c(c34)CCN(C(=O)/C=C/CN3CCN(CCN(C)C)CC3)C5)cc2C)cn1. The minimum atomic E-state index is 0.0753. The molecular weight excluding hydrogens is 584 g/mol. The Bertz CT molecular complexity index is 1660. The number of hydrogen-bond acceptors (Lipinski definition) is 10. The molecule has 0 atom stereocenters. The summed E-state index contributed by atoms with van der Waals surface area (Å²) in [6.45, 7) is 12.5. The van der Waals surface area contributed by atoms with Crippen LogP contribution in [0.15, 0.2) is 55.0 Å². The molecule has 10 nitrogen and oxygen atoms in total. The molecule has 0 bridgehead atoms. The van der Waals surface area contributed by atoms with E-state index in [0.717, 1.165) is 91.0 Å². The van der Waals surface area contributed by atoms with E-state index in [9.17, 15) is 4.79 Å². The minimum Gasteiger partial charge on any atom is -0.455 e. The average Bonchev–Trinajstić information content (AvgIpc) is 3.42. The van der Waals surface area contributed by atoms with Crippen LogP contribution in [0.25, 0.3) is 10.2 Å². The molecular formula is C34H42N8O2S. The van der Waals surface area contributed by atoms with E-state index in [2.05, 4.69) is 55.1 Å². The predicted octanol–water partition coefficient (Wildman–Crippen LogP) is 4.86. The molecule has 45 heavy (non-hydrogen) atoms. The third kappa shape index (κ3) is 7.67. The van der Waals surface area contributed by atoms with Gasteiger partial charge in [-0.05, 0) is 75.8 Å². The fourth-order valence-electron chi connectivity index (χ4n) is 5.78. The molecule has 2 aliphatic rings. The number of likely N-dealkylation sites (N-methyl/N-ethyl adjacent to an activating group) is 1. The zero-order valence-electron chi connectivity index (χ0n) is 26.6. The van der Waals surface area contributed by atoms with Crippen molar-refractivity contribution >= 4 is 39.0 Å². The molecule has 1 aromatic carbocycles. The molecule has 1 saturated heterocycles. The van der Waals surface area contributed by atoms with Crippen molar-refractivity contribution in [2.24, 2.45) is 0 Å². The Morgan fingerprint density at radius 2 is 1.87 bits per heavy atom. The first-order valence-electron chi connectivity index (χ1n) is 15.6. The van der Waals surface area contributed by atoms with Crippen molar-refractivity contribution in [2.45, 2.75) is 26.8 Å². The Morgan fingerprint density at radius 1 is 1.04 bits per heavy atom. The topological polar surface area (TPSA) is 90.0 Å². The maximum Gasteiger partial charge on any atom is 0.246 e. The molecule has 0 aliphatic carbocycles. The van der Waals surface area contributed by atoms with Gasteiger partial charge in [-0.2, -0.15) is 0 Å². The maximum absolute atomic E-state index is 13.1. The first-order valence-corrected chi connectivity index (χ1v) is 16.4. The molecule has 4 aromatic rings. The van der Waals surface area contributed by atoms with Crippen molar-refractivity contribution in [2.75, 3.05) is 71.8 Å². The molecule has 1 N–H and O–H groups in total. The first kappa shape index (κ1) is 31.1. The van der Waals surface area contributed by atoms with Gasteiger partial charge in [0.2, 0.25) is 5.91 Å². The number of fused-ring (bicyclic) bond motifs is 3. The van der Waals surface area contributed by atoms with Crippen LogP contribution in [0, 0.1) is 13.8 Å². The number of rotatable bonds is 10. The number of pyridine rings is 1. The maximum atomic E-state index is 13.1. The van der Waals surface area contributed by atoms with Crippen LogP contribution in [0.2, 0.25) is 0 Å². The number of aryl methyl sites for hydroxylation is 2. The highest BCUT2D eigenvalue weighted by Crippen LogP contribution is 2.38. The van der Waals surface area contributed by atoms with Gasteiger partial charge in [-0.3, -0.25) is 19.6 Å². The number of carbonyl (C=O) groups excluding carboxylic acids is 1. The molecule has 0 spiro atoms. The van der Waals surface area contributed by atoms with Crippen molar-refractivity contribution in [1.82, 2.24) is 34.6 Å². The number of carbonyl (C=O) groups is 1. The summed E-state index contributed by atoms with van der Waals surface area (Å²) in [5.41, 5.74) is 4.12. The lowest BCUT2D eigenvalue weighted by Crippen LogP contribution is -2.47. The average molecular weight is 627 g/mol. The van der Waals surface area contributed by atoms with E-state index in [0.29, 0.717) is 18.8 Å². The van der Waals surface area contributed by atoms with Gasteiger partial charge in [0.25, 0.3) is 0 Å². The molecule has 11 heteroatoms. The Hall–Kier alpha value is -3.90. The lowest BCUT2D eigenvalue weighted by molar-refractivity contribution is -0.126. The van der Waals surface area contributed by atoms with Crippen molar-refractivity contribution in [3.05, 3.63) is 76.7 Å². The summed E-state index contributed by atoms with van der Waals surface area (Å²) in [5.74, 6) is 2.35. The Balaban J connectivity index is 1.06. The second-order valence-corrected chi connectivity index (χ2v) is 13.2. The largest absolute Gasteiger partial charge is 0.455 e. The summed E-state index contributed by atoms with van der Waals surface area (Å²) in [7, 11) is 4.24. The van der Waals surface area contributed by atoms with Crippen LogP contribution < -0.4 is 10.1 Å². The van der Waals surface area contributed by atoms with E-state index in [1.54, 1.807) is 29.9 Å². The van der Waals surface area contributed by atoms with Crippen LogP contribution in [0.1, 0.15) is 21.7 Å². The summed E-state index contributed by atoms with van der Waals surface area (Å²) in [6.07, 6.45) is 7.91. The first-order chi connectivity index (χ1) is 21.8. The van der Waals surface area contributed by atoms with Gasteiger partial charge < -0.3 is 19.9 Å². The van der Waals surface area contributed by atoms with Crippen LogP contribution >= 0.6 is 11.3 Å². The summed E-state index contributed by atoms with van der Waals surface area (Å²) in [6, 6.07) is 9.87. The predicted molar refractivity (Wildman–Crippen MR) is 181 cm³/mol. The quantitative estimate of drug-likeness (QED) is 0.248. The number of anilines is 2. The lowest BCUT2D eigenvalue weighted by atomic mass is 10.0. The normalized spacial score (nSPS) is 16.1. The van der Waals surface area contributed by atoms with E-state index in [-0.39, 0.29) is 5.91 Å². The molecule has 1 amide bonds. The van der Waals surface area contributed by atoms with Crippen LogP contribution in [0.3, 0.4) is 0 Å². The van der Waals surface area contributed by atoms with Crippen molar-refractivity contribution in [1.29, 1.82) is 0 Å². The number of amides is 1. The van der Waals surface area contributed by atoms with Crippen LogP contribution in [0.4, 0.5) is 11.5 Å². The van der Waals surface area contributed by atoms with E-state index in [4.69, 9.17) is 4.74 Å². The number of thiophene rings is 1. The van der Waals surface area contributed by atoms with Gasteiger partial charge in [-0.1, -0.05) is 6.08 Å². The highest BCUT2D eigenvalue weighted by molar-refractivity contribution is 7.19. The standard InChI is InChI=1S/C34H42N8O2S/c1-24-20-26(8-10-29(24)44-27-9-7-25(2)35-21-27)38-33-32-28-11-13-42(22-30(28)45-34(32)37-23-36-33)31(43)6-5-12-40-16-18-41(19-17-40)15-14-39(3)4/h5-10,20-21,23H,11-19,22H2,1-4H3,(H,36,37,38)/b6-5+. The zero-order valence-corrected chi connectivity index (χ0v) is 27.4. The highest BCUT2D eigenvalue weighted by Gasteiger charge is 2.26. The smallest absolute Gasteiger partial charge is 0.246 e. The molecule has 1 fully saturated rings. The number of ether oxygens (including phenoxy) is 1. The number of benzene rings is 1. The van der Waals surface area contributed by atoms with Gasteiger partial charge >= 0.3 is 0 Å². The van der Waals surface area contributed by atoms with Gasteiger partial charge in [-0.25, -0.2) is 9.97 Å². The minimum absolute atomic E-state index is 0.0753. The van der Waals surface area contributed by atoms with Gasteiger partial charge in [0.05, 0.1) is 18.1 Å². The number of nitrogens with one attached hydrogen (secondary N) is 1. The second kappa shape index (κ2) is 14.0. The summed E-state index contributed by atoms with van der Waals surface area (Å²) in [5, 5.41) is 4.57. The number of hydrogen-bond donors (Lipinski definition) is 1. The molecule has 2 aliphatic heterocycles. The Morgan fingerprint density at radius 3 is 2.62 bits per heavy atom. The lowest BCUT2D eigenvalue weighted by Gasteiger charge is -2.34. The number of aromatic nitrogens is 3. The van der Waals surface area contributed by atoms with Crippen molar-refractivity contribution < 1.29 is 9.53 Å². The van der Waals surface area contributed by atoms with Gasteiger partial charge in [0.1, 0.15) is 28.5 Å². The summed E-state index contributed by atoms with van der Waals surface area (Å²) >= 11 is 1.65. The van der Waals surface area contributed by atoms with E-state index in [1.807, 2.05) is 49.1 Å². The Labute approximate surface area is 269 Å².